The van der Waals surface area contributed by atoms with Gasteiger partial charge in [0.2, 0.25) is 11.8 Å². The molecule has 1 aliphatic heterocycles. The zero-order valence-corrected chi connectivity index (χ0v) is 14.6. The minimum atomic E-state index is -0.263. The van der Waals surface area contributed by atoms with Gasteiger partial charge in [-0.25, -0.2) is 0 Å². The first-order chi connectivity index (χ1) is 12.1. The van der Waals surface area contributed by atoms with Crippen LogP contribution < -0.4 is 15.4 Å². The number of carbonyl (C=O) groups is 1. The first kappa shape index (κ1) is 17.6. The quantitative estimate of drug-likeness (QED) is 0.783. The van der Waals surface area contributed by atoms with Crippen molar-refractivity contribution in [1.82, 2.24) is 5.16 Å². The van der Waals surface area contributed by atoms with Crippen LogP contribution >= 0.6 is 11.6 Å². The van der Waals surface area contributed by atoms with Gasteiger partial charge in [-0.2, -0.15) is 0 Å². The third-order valence-electron chi connectivity index (χ3n) is 3.72. The number of carbonyl (C=O) groups excluding carboxylic acids is 1. The van der Waals surface area contributed by atoms with Crippen LogP contribution in [0.3, 0.4) is 0 Å². The summed E-state index contributed by atoms with van der Waals surface area (Å²) in [6, 6.07) is 6.89. The van der Waals surface area contributed by atoms with Crippen molar-refractivity contribution in [2.45, 2.75) is 25.9 Å². The molecule has 1 amide bonds. The Balaban J connectivity index is 1.56. The highest BCUT2D eigenvalue weighted by atomic mass is 35.5. The van der Waals surface area contributed by atoms with Crippen molar-refractivity contribution in [3.63, 3.8) is 0 Å². The maximum atomic E-state index is 12.0. The Bertz CT molecular complexity index is 728. The van der Waals surface area contributed by atoms with Gasteiger partial charge >= 0.3 is 0 Å². The predicted molar refractivity (Wildman–Crippen MR) is 94.3 cm³/mol. The number of nitrogens with one attached hydrogen (secondary N) is 2. The number of aromatic nitrogens is 1. The highest BCUT2D eigenvalue weighted by Crippen LogP contribution is 2.28. The molecule has 2 aromatic rings. The molecule has 1 saturated heterocycles. The summed E-state index contributed by atoms with van der Waals surface area (Å²) < 4.78 is 16.3. The molecule has 134 valence electrons. The van der Waals surface area contributed by atoms with E-state index >= 15 is 0 Å². The summed E-state index contributed by atoms with van der Waals surface area (Å²) in [5.41, 5.74) is 1.34. The summed E-state index contributed by atoms with van der Waals surface area (Å²) in [5, 5.41) is 9.92. The Morgan fingerprint density at radius 1 is 1.44 bits per heavy atom. The number of rotatable bonds is 7. The van der Waals surface area contributed by atoms with Crippen LogP contribution in [-0.2, 0) is 9.53 Å². The van der Waals surface area contributed by atoms with Crippen LogP contribution in [0.1, 0.15) is 18.5 Å². The van der Waals surface area contributed by atoms with Gasteiger partial charge in [0.15, 0.2) is 0 Å². The Morgan fingerprint density at radius 2 is 2.32 bits per heavy atom. The minimum Gasteiger partial charge on any atom is -0.489 e. The fourth-order valence-electron chi connectivity index (χ4n) is 2.50. The second-order valence-corrected chi connectivity index (χ2v) is 6.26. The lowest BCUT2D eigenvalue weighted by atomic mass is 10.2. The molecule has 1 aliphatic rings. The number of benzene rings is 1. The monoisotopic (exact) mass is 365 g/mol. The molecular weight excluding hydrogens is 346 g/mol. The molecule has 0 saturated carbocycles. The molecule has 1 aromatic heterocycles. The van der Waals surface area contributed by atoms with Gasteiger partial charge in [0, 0.05) is 17.7 Å². The van der Waals surface area contributed by atoms with E-state index < -0.39 is 0 Å². The highest BCUT2D eigenvalue weighted by Gasteiger charge is 2.17. The molecule has 0 bridgehead atoms. The van der Waals surface area contributed by atoms with Crippen LogP contribution in [0.4, 0.5) is 11.6 Å². The van der Waals surface area contributed by atoms with Crippen molar-refractivity contribution in [3.8, 4) is 5.75 Å². The van der Waals surface area contributed by atoms with Crippen molar-refractivity contribution < 1.29 is 18.8 Å². The SMILES string of the molecule is Cc1cc(NC(=O)CNc2cc(Cl)ccc2OC[C@H]2CCCO2)on1. The van der Waals surface area contributed by atoms with E-state index in [9.17, 15) is 4.79 Å². The van der Waals surface area contributed by atoms with Crippen molar-refractivity contribution in [2.24, 2.45) is 0 Å². The number of aryl methyl sites for hydroxylation is 1. The van der Waals surface area contributed by atoms with E-state index in [4.69, 9.17) is 25.6 Å². The standard InChI is InChI=1S/C17H20ClN3O4/c1-11-7-17(25-21-11)20-16(22)9-19-14-8-12(18)4-5-15(14)24-10-13-3-2-6-23-13/h4-5,7-8,13,19H,2-3,6,9-10H2,1H3,(H,20,22)/t13-/m1/s1. The number of amides is 1. The second kappa shape index (κ2) is 8.22. The summed E-state index contributed by atoms with van der Waals surface area (Å²) in [5.74, 6) is 0.676. The van der Waals surface area contributed by atoms with Gasteiger partial charge in [0.25, 0.3) is 0 Å². The first-order valence-corrected chi connectivity index (χ1v) is 8.49. The van der Waals surface area contributed by atoms with E-state index in [2.05, 4.69) is 15.8 Å². The van der Waals surface area contributed by atoms with Crippen LogP contribution in [0.5, 0.6) is 5.75 Å². The van der Waals surface area contributed by atoms with Crippen LogP contribution in [0.2, 0.25) is 5.02 Å². The van der Waals surface area contributed by atoms with E-state index in [0.717, 1.165) is 19.4 Å². The molecule has 0 unspecified atom stereocenters. The van der Waals surface area contributed by atoms with Gasteiger partial charge in [-0.1, -0.05) is 16.8 Å². The van der Waals surface area contributed by atoms with Gasteiger partial charge in [-0.15, -0.1) is 0 Å². The Kier molecular flexibility index (Phi) is 5.78. The average Bonchev–Trinajstić information content (AvgIpc) is 3.24. The fourth-order valence-corrected chi connectivity index (χ4v) is 2.68. The van der Waals surface area contributed by atoms with E-state index in [0.29, 0.717) is 34.6 Å². The van der Waals surface area contributed by atoms with E-state index in [1.54, 1.807) is 31.2 Å². The molecule has 1 fully saturated rings. The van der Waals surface area contributed by atoms with Gasteiger partial charge in [-0.05, 0) is 38.0 Å². The lowest BCUT2D eigenvalue weighted by molar-refractivity contribution is -0.114. The lowest BCUT2D eigenvalue weighted by Crippen LogP contribution is -2.22. The number of hydrogen-bond acceptors (Lipinski definition) is 6. The Morgan fingerprint density at radius 3 is 3.04 bits per heavy atom. The number of anilines is 2. The van der Waals surface area contributed by atoms with E-state index in [1.807, 2.05) is 0 Å². The predicted octanol–water partition coefficient (Wildman–Crippen LogP) is 3.24. The molecule has 3 rings (SSSR count). The molecule has 25 heavy (non-hydrogen) atoms. The summed E-state index contributed by atoms with van der Waals surface area (Å²) in [6.07, 6.45) is 2.16. The summed E-state index contributed by atoms with van der Waals surface area (Å²) in [7, 11) is 0. The third-order valence-corrected chi connectivity index (χ3v) is 3.96. The molecule has 1 aromatic carbocycles. The molecule has 7 nitrogen and oxygen atoms in total. The van der Waals surface area contributed by atoms with Crippen molar-refractivity contribution in [2.75, 3.05) is 30.4 Å². The molecule has 0 radical (unpaired) electrons. The fraction of sp³-hybridized carbons (Fsp3) is 0.412. The van der Waals surface area contributed by atoms with Crippen LogP contribution in [0.15, 0.2) is 28.8 Å². The maximum absolute atomic E-state index is 12.0. The molecular formula is C17H20ClN3O4. The van der Waals surface area contributed by atoms with Crippen molar-refractivity contribution in [3.05, 3.63) is 35.0 Å². The first-order valence-electron chi connectivity index (χ1n) is 8.11. The molecule has 2 N–H and O–H groups in total. The normalized spacial score (nSPS) is 16.6. The van der Waals surface area contributed by atoms with E-state index in [-0.39, 0.29) is 18.6 Å². The second-order valence-electron chi connectivity index (χ2n) is 5.82. The minimum absolute atomic E-state index is 0.0381. The van der Waals surface area contributed by atoms with E-state index in [1.165, 1.54) is 0 Å². The van der Waals surface area contributed by atoms with Gasteiger partial charge in [0.05, 0.1) is 24.0 Å². The summed E-state index contributed by atoms with van der Waals surface area (Å²) >= 11 is 6.05. The maximum Gasteiger partial charge on any atom is 0.246 e. The molecule has 0 aliphatic carbocycles. The lowest BCUT2D eigenvalue weighted by Gasteiger charge is -2.16. The smallest absolute Gasteiger partial charge is 0.246 e. The average molecular weight is 366 g/mol. The molecule has 1 atom stereocenters. The zero-order chi connectivity index (χ0) is 17.6. The highest BCUT2D eigenvalue weighted by molar-refractivity contribution is 6.30. The van der Waals surface area contributed by atoms with Gasteiger partial charge in [-0.3, -0.25) is 10.1 Å². The third kappa shape index (κ3) is 5.11. The number of hydrogen-bond donors (Lipinski definition) is 2. The zero-order valence-electron chi connectivity index (χ0n) is 13.9. The number of ether oxygens (including phenoxy) is 2. The van der Waals surface area contributed by atoms with Gasteiger partial charge < -0.3 is 19.3 Å². The summed E-state index contributed by atoms with van der Waals surface area (Å²) in [4.78, 5) is 12.0. The van der Waals surface area contributed by atoms with Crippen molar-refractivity contribution in [1.29, 1.82) is 0 Å². The van der Waals surface area contributed by atoms with Crippen LogP contribution in [0.25, 0.3) is 0 Å². The Labute approximate surface area is 150 Å². The topological polar surface area (TPSA) is 85.6 Å². The molecule has 0 spiro atoms. The van der Waals surface area contributed by atoms with Gasteiger partial charge in [0.1, 0.15) is 12.4 Å². The van der Waals surface area contributed by atoms with Crippen molar-refractivity contribution >= 4 is 29.1 Å². The Hall–Kier alpha value is -2.25. The number of halogens is 1. The largest absolute Gasteiger partial charge is 0.489 e. The molecule has 8 heteroatoms. The van der Waals surface area contributed by atoms with Crippen LogP contribution in [0, 0.1) is 6.92 Å². The summed E-state index contributed by atoms with van der Waals surface area (Å²) in [6.45, 7) is 3.07. The molecule has 2 heterocycles. The number of nitrogens with zero attached hydrogens (tertiary/aromatic N) is 1. The van der Waals surface area contributed by atoms with Crippen LogP contribution in [-0.4, -0.2) is 36.9 Å².